The molecule has 1 N–H and O–H groups in total. The Morgan fingerprint density at radius 1 is 1.05 bits per heavy atom. The Labute approximate surface area is 238 Å². The minimum atomic E-state index is -1.50. The van der Waals surface area contributed by atoms with Gasteiger partial charge in [0, 0.05) is 64.7 Å². The Morgan fingerprint density at radius 2 is 1.90 bits per heavy atom. The zero-order valence-corrected chi connectivity index (χ0v) is 23.3. The van der Waals surface area contributed by atoms with Gasteiger partial charge in [-0.2, -0.15) is 5.10 Å². The van der Waals surface area contributed by atoms with Crippen LogP contribution in [-0.4, -0.2) is 96.4 Å². The third-order valence-electron chi connectivity index (χ3n) is 6.69. The Hall–Kier alpha value is -3.74. The quantitative estimate of drug-likeness (QED) is 0.312. The Kier molecular flexibility index (Phi) is 10.5. The standard InChI is InChI=1S/C29H36F2N4O6/c1-38-18-28(36)34-13-12-33(19-29(37,20-34)21-41-23-6-7-24(30)25(31)16-23)17-22-5-8-26(39-2)27(15-22)40-14-4-11-35-10-3-9-32-35/h3,5-10,15-16,37H,4,11-14,17-21H2,1-2H3. The van der Waals surface area contributed by atoms with E-state index in [1.165, 1.54) is 18.1 Å². The van der Waals surface area contributed by atoms with Crippen molar-refractivity contribution in [1.29, 1.82) is 0 Å². The summed E-state index contributed by atoms with van der Waals surface area (Å²) in [6, 6.07) is 10.7. The van der Waals surface area contributed by atoms with Crippen molar-refractivity contribution in [2.24, 2.45) is 0 Å². The fourth-order valence-corrected chi connectivity index (χ4v) is 4.71. The first-order valence-corrected chi connectivity index (χ1v) is 13.3. The Balaban J connectivity index is 1.45. The van der Waals surface area contributed by atoms with E-state index in [1.807, 2.05) is 40.0 Å². The van der Waals surface area contributed by atoms with Crippen LogP contribution in [0.4, 0.5) is 8.78 Å². The molecule has 1 aliphatic rings. The van der Waals surface area contributed by atoms with E-state index in [2.05, 4.69) is 5.10 Å². The molecule has 2 heterocycles. The summed E-state index contributed by atoms with van der Waals surface area (Å²) in [6.45, 7) is 2.29. The molecule has 41 heavy (non-hydrogen) atoms. The zero-order chi connectivity index (χ0) is 29.2. The average molecular weight is 575 g/mol. The number of aryl methyl sites for hydroxylation is 1. The molecule has 0 spiro atoms. The number of benzene rings is 2. The molecule has 1 unspecified atom stereocenters. The van der Waals surface area contributed by atoms with Gasteiger partial charge in [-0.25, -0.2) is 8.78 Å². The van der Waals surface area contributed by atoms with E-state index in [0.717, 1.165) is 30.7 Å². The van der Waals surface area contributed by atoms with Crippen molar-refractivity contribution >= 4 is 5.91 Å². The average Bonchev–Trinajstić information content (AvgIpc) is 3.42. The lowest BCUT2D eigenvalue weighted by Crippen LogP contribution is -2.52. The number of nitrogens with zero attached hydrogens (tertiary/aromatic N) is 4. The molecule has 0 bridgehead atoms. The van der Waals surface area contributed by atoms with Crippen molar-refractivity contribution in [3.8, 4) is 17.2 Å². The molecule has 12 heteroatoms. The van der Waals surface area contributed by atoms with Gasteiger partial charge in [0.2, 0.25) is 5.91 Å². The first-order chi connectivity index (χ1) is 19.8. The van der Waals surface area contributed by atoms with Gasteiger partial charge in [-0.15, -0.1) is 0 Å². The zero-order valence-electron chi connectivity index (χ0n) is 23.3. The fourth-order valence-electron chi connectivity index (χ4n) is 4.71. The van der Waals surface area contributed by atoms with Crippen LogP contribution in [0.25, 0.3) is 0 Å². The van der Waals surface area contributed by atoms with Crippen molar-refractivity contribution in [3.63, 3.8) is 0 Å². The van der Waals surface area contributed by atoms with Gasteiger partial charge in [0.05, 0.1) is 20.3 Å². The number of hydrogen-bond donors (Lipinski definition) is 1. The highest BCUT2D eigenvalue weighted by Crippen LogP contribution is 2.29. The third-order valence-corrected chi connectivity index (χ3v) is 6.69. The number of aromatic nitrogens is 2. The van der Waals surface area contributed by atoms with Crippen LogP contribution in [-0.2, 0) is 22.6 Å². The minimum Gasteiger partial charge on any atom is -0.493 e. The molecule has 1 fully saturated rings. The maximum absolute atomic E-state index is 13.7. The van der Waals surface area contributed by atoms with Crippen LogP contribution in [0.3, 0.4) is 0 Å². The highest BCUT2D eigenvalue weighted by atomic mass is 19.2. The van der Waals surface area contributed by atoms with Gasteiger partial charge in [0.15, 0.2) is 23.1 Å². The van der Waals surface area contributed by atoms with Crippen molar-refractivity contribution in [1.82, 2.24) is 19.6 Å². The number of hydrogen-bond acceptors (Lipinski definition) is 8. The van der Waals surface area contributed by atoms with E-state index >= 15 is 0 Å². The molecule has 4 rings (SSSR count). The second kappa shape index (κ2) is 14.2. The lowest BCUT2D eigenvalue weighted by molar-refractivity contribution is -0.138. The molecule has 1 saturated heterocycles. The lowest BCUT2D eigenvalue weighted by Gasteiger charge is -2.33. The van der Waals surface area contributed by atoms with E-state index < -0.39 is 17.2 Å². The topological polar surface area (TPSA) is 98.5 Å². The van der Waals surface area contributed by atoms with Gasteiger partial charge in [-0.1, -0.05) is 6.07 Å². The highest BCUT2D eigenvalue weighted by molar-refractivity contribution is 5.77. The van der Waals surface area contributed by atoms with E-state index in [-0.39, 0.29) is 38.0 Å². The number of ether oxygens (including phenoxy) is 4. The fraction of sp³-hybridized carbons (Fsp3) is 0.448. The summed E-state index contributed by atoms with van der Waals surface area (Å²) in [5.41, 5.74) is -0.572. The van der Waals surface area contributed by atoms with Crippen LogP contribution in [0, 0.1) is 11.6 Å². The molecule has 10 nitrogen and oxygen atoms in total. The molecular formula is C29H36F2N4O6. The number of carbonyl (C=O) groups excluding carboxylic acids is 1. The summed E-state index contributed by atoms with van der Waals surface area (Å²) in [5, 5.41) is 15.8. The normalized spacial score (nSPS) is 17.7. The van der Waals surface area contributed by atoms with Crippen molar-refractivity contribution in [3.05, 3.63) is 72.1 Å². The Morgan fingerprint density at radius 3 is 2.63 bits per heavy atom. The van der Waals surface area contributed by atoms with Crippen LogP contribution < -0.4 is 14.2 Å². The van der Waals surface area contributed by atoms with Gasteiger partial charge in [0.25, 0.3) is 0 Å². The van der Waals surface area contributed by atoms with E-state index in [1.54, 1.807) is 13.3 Å². The number of carbonyl (C=O) groups is 1. The van der Waals surface area contributed by atoms with Gasteiger partial charge < -0.3 is 29.0 Å². The summed E-state index contributed by atoms with van der Waals surface area (Å²) in [5.74, 6) is -1.02. The third kappa shape index (κ3) is 8.62. The first kappa shape index (κ1) is 30.2. The Bertz CT molecular complexity index is 1280. The number of methoxy groups -OCH3 is 2. The van der Waals surface area contributed by atoms with Crippen LogP contribution in [0.1, 0.15) is 12.0 Å². The molecule has 1 aromatic heterocycles. The lowest BCUT2D eigenvalue weighted by atomic mass is 10.0. The highest BCUT2D eigenvalue weighted by Gasteiger charge is 2.37. The largest absolute Gasteiger partial charge is 0.493 e. The van der Waals surface area contributed by atoms with Crippen molar-refractivity contribution < 1.29 is 37.6 Å². The summed E-state index contributed by atoms with van der Waals surface area (Å²) >= 11 is 0. The molecule has 0 radical (unpaired) electrons. The maximum Gasteiger partial charge on any atom is 0.248 e. The van der Waals surface area contributed by atoms with Crippen molar-refractivity contribution in [2.45, 2.75) is 25.1 Å². The van der Waals surface area contributed by atoms with Crippen LogP contribution in [0.15, 0.2) is 54.9 Å². The maximum atomic E-state index is 13.7. The second-order valence-corrected chi connectivity index (χ2v) is 10.0. The van der Waals surface area contributed by atoms with E-state index in [4.69, 9.17) is 18.9 Å². The minimum absolute atomic E-state index is 0.0113. The van der Waals surface area contributed by atoms with Gasteiger partial charge in [-0.05, 0) is 35.9 Å². The second-order valence-electron chi connectivity index (χ2n) is 10.0. The number of aliphatic hydroxyl groups is 1. The molecule has 222 valence electrons. The summed E-state index contributed by atoms with van der Waals surface area (Å²) in [6.07, 6.45) is 4.40. The van der Waals surface area contributed by atoms with Crippen molar-refractivity contribution in [2.75, 3.05) is 60.2 Å². The molecule has 1 aliphatic heterocycles. The number of amides is 1. The van der Waals surface area contributed by atoms with Gasteiger partial charge in [-0.3, -0.25) is 14.4 Å². The van der Waals surface area contributed by atoms with Crippen LogP contribution in [0.2, 0.25) is 0 Å². The molecule has 1 atom stereocenters. The number of β-amino-alcohol motifs (C(OH)–C–C–N with tert-alkyl or cyclic N) is 1. The monoisotopic (exact) mass is 574 g/mol. The molecular weight excluding hydrogens is 538 g/mol. The SMILES string of the molecule is COCC(=O)N1CCN(Cc2ccc(OC)c(OCCCn3cccn3)c2)CC(O)(COc2ccc(F)c(F)c2)C1. The predicted octanol–water partition coefficient (Wildman–Crippen LogP) is 2.74. The summed E-state index contributed by atoms with van der Waals surface area (Å²) < 4.78 is 51.1. The van der Waals surface area contributed by atoms with Gasteiger partial charge >= 0.3 is 0 Å². The van der Waals surface area contributed by atoms with Crippen LogP contribution in [0.5, 0.6) is 17.2 Å². The molecule has 3 aromatic rings. The predicted molar refractivity (Wildman–Crippen MR) is 146 cm³/mol. The first-order valence-electron chi connectivity index (χ1n) is 13.3. The summed E-state index contributed by atoms with van der Waals surface area (Å²) in [7, 11) is 3.01. The van der Waals surface area contributed by atoms with Crippen LogP contribution >= 0.6 is 0 Å². The summed E-state index contributed by atoms with van der Waals surface area (Å²) in [4.78, 5) is 16.2. The number of halogens is 2. The van der Waals surface area contributed by atoms with Gasteiger partial charge in [0.1, 0.15) is 24.6 Å². The molecule has 0 aliphatic carbocycles. The smallest absolute Gasteiger partial charge is 0.248 e. The molecule has 2 aromatic carbocycles. The number of rotatable bonds is 13. The van der Waals surface area contributed by atoms with E-state index in [9.17, 15) is 18.7 Å². The molecule has 0 saturated carbocycles. The molecule has 1 amide bonds. The van der Waals surface area contributed by atoms with E-state index in [0.29, 0.717) is 37.7 Å².